The van der Waals surface area contributed by atoms with E-state index in [9.17, 15) is 9.90 Å². The van der Waals surface area contributed by atoms with E-state index in [2.05, 4.69) is 11.8 Å². The Labute approximate surface area is 125 Å². The van der Waals surface area contributed by atoms with Crippen LogP contribution in [0, 0.1) is 5.92 Å². The second kappa shape index (κ2) is 6.53. The number of anilines is 1. The lowest BCUT2D eigenvalue weighted by atomic mass is 9.86. The van der Waals surface area contributed by atoms with Gasteiger partial charge in [0.15, 0.2) is 0 Å². The molecule has 1 N–H and O–H groups in total. The highest BCUT2D eigenvalue weighted by Crippen LogP contribution is 2.34. The fraction of sp³-hybridized carbons (Fsp3) is 0.562. The molecular weight excluding hydrogens is 270 g/mol. The van der Waals surface area contributed by atoms with Gasteiger partial charge < -0.3 is 10.0 Å². The Hall–Kier alpha value is -1.16. The van der Waals surface area contributed by atoms with Crippen LogP contribution >= 0.6 is 11.8 Å². The highest BCUT2D eigenvalue weighted by atomic mass is 32.2. The Morgan fingerprint density at radius 1 is 1.30 bits per heavy atom. The third kappa shape index (κ3) is 3.11. The van der Waals surface area contributed by atoms with E-state index in [1.807, 2.05) is 31.5 Å². The Kier molecular flexibility index (Phi) is 4.97. The SMILES string of the molecule is CSc1cccc(N(C)C2CCC(C)CC2)c1C(=O)O. The van der Waals surface area contributed by atoms with E-state index in [0.29, 0.717) is 11.6 Å². The number of benzene rings is 1. The van der Waals surface area contributed by atoms with Crippen molar-refractivity contribution < 1.29 is 9.90 Å². The molecule has 0 bridgehead atoms. The second-order valence-electron chi connectivity index (χ2n) is 5.68. The molecule has 3 nitrogen and oxygen atoms in total. The minimum atomic E-state index is -0.832. The summed E-state index contributed by atoms with van der Waals surface area (Å²) in [4.78, 5) is 14.6. The van der Waals surface area contributed by atoms with Crippen LogP contribution in [0.25, 0.3) is 0 Å². The van der Waals surface area contributed by atoms with Gasteiger partial charge in [-0.3, -0.25) is 0 Å². The van der Waals surface area contributed by atoms with E-state index in [4.69, 9.17) is 0 Å². The summed E-state index contributed by atoms with van der Waals surface area (Å²) in [7, 11) is 2.03. The van der Waals surface area contributed by atoms with Crippen molar-refractivity contribution in [2.24, 2.45) is 5.92 Å². The van der Waals surface area contributed by atoms with Gasteiger partial charge in [0.2, 0.25) is 0 Å². The molecule has 0 saturated heterocycles. The standard InChI is InChI=1S/C16H23NO2S/c1-11-7-9-12(10-8-11)17(2)13-5-4-6-14(20-3)15(13)16(18)19/h4-6,11-12H,7-10H2,1-3H3,(H,18,19). The maximum atomic E-state index is 11.6. The Morgan fingerprint density at radius 2 is 1.95 bits per heavy atom. The highest BCUT2D eigenvalue weighted by molar-refractivity contribution is 7.98. The van der Waals surface area contributed by atoms with E-state index < -0.39 is 5.97 Å². The van der Waals surface area contributed by atoms with Crippen molar-refractivity contribution in [3.05, 3.63) is 23.8 Å². The molecule has 1 aliphatic carbocycles. The van der Waals surface area contributed by atoms with E-state index in [0.717, 1.165) is 29.3 Å². The first-order valence-corrected chi connectivity index (χ1v) is 8.40. The second-order valence-corrected chi connectivity index (χ2v) is 6.53. The van der Waals surface area contributed by atoms with E-state index in [1.54, 1.807) is 0 Å². The van der Waals surface area contributed by atoms with Crippen LogP contribution in [0.15, 0.2) is 23.1 Å². The summed E-state index contributed by atoms with van der Waals surface area (Å²) in [6, 6.07) is 6.23. The Bertz CT molecular complexity index is 481. The number of rotatable bonds is 4. The van der Waals surface area contributed by atoms with Crippen molar-refractivity contribution in [2.75, 3.05) is 18.2 Å². The van der Waals surface area contributed by atoms with Crippen LogP contribution < -0.4 is 4.90 Å². The molecule has 0 radical (unpaired) electrons. The fourth-order valence-electron chi connectivity index (χ4n) is 3.03. The van der Waals surface area contributed by atoms with Crippen LogP contribution in [-0.4, -0.2) is 30.4 Å². The number of carboxylic acids is 1. The maximum absolute atomic E-state index is 11.6. The first-order chi connectivity index (χ1) is 9.54. The lowest BCUT2D eigenvalue weighted by Gasteiger charge is -2.36. The fourth-order valence-corrected chi connectivity index (χ4v) is 3.64. The molecule has 110 valence electrons. The van der Waals surface area contributed by atoms with Crippen LogP contribution in [0.1, 0.15) is 43.0 Å². The molecule has 20 heavy (non-hydrogen) atoms. The molecule has 1 aromatic carbocycles. The van der Waals surface area contributed by atoms with Gasteiger partial charge in [-0.1, -0.05) is 13.0 Å². The van der Waals surface area contributed by atoms with Crippen molar-refractivity contribution in [1.29, 1.82) is 0 Å². The molecular formula is C16H23NO2S. The van der Waals surface area contributed by atoms with Crippen LogP contribution in [0.2, 0.25) is 0 Å². The number of nitrogens with zero attached hydrogens (tertiary/aromatic N) is 1. The topological polar surface area (TPSA) is 40.5 Å². The van der Waals surface area contributed by atoms with Crippen molar-refractivity contribution in [1.82, 2.24) is 0 Å². The van der Waals surface area contributed by atoms with Crippen LogP contribution in [0.3, 0.4) is 0 Å². The summed E-state index contributed by atoms with van der Waals surface area (Å²) in [5.41, 5.74) is 1.30. The predicted octanol–water partition coefficient (Wildman–Crippen LogP) is 4.12. The zero-order valence-corrected chi connectivity index (χ0v) is 13.2. The predicted molar refractivity (Wildman–Crippen MR) is 85.0 cm³/mol. The maximum Gasteiger partial charge on any atom is 0.338 e. The average molecular weight is 293 g/mol. The molecule has 1 aromatic rings. The van der Waals surface area contributed by atoms with E-state index in [1.165, 1.54) is 24.6 Å². The van der Waals surface area contributed by atoms with Crippen molar-refractivity contribution >= 4 is 23.4 Å². The minimum Gasteiger partial charge on any atom is -0.478 e. The number of aromatic carboxylic acids is 1. The molecule has 1 saturated carbocycles. The summed E-state index contributed by atoms with van der Waals surface area (Å²) in [5.74, 6) is -0.0305. The quantitative estimate of drug-likeness (QED) is 0.848. The van der Waals surface area contributed by atoms with Gasteiger partial charge in [0.25, 0.3) is 0 Å². The van der Waals surface area contributed by atoms with Gasteiger partial charge in [-0.2, -0.15) is 0 Å². The first kappa shape index (κ1) is 15.2. The molecule has 0 aromatic heterocycles. The number of hydrogen-bond donors (Lipinski definition) is 1. The molecule has 0 amide bonds. The normalized spacial score (nSPS) is 22.6. The highest BCUT2D eigenvalue weighted by Gasteiger charge is 2.25. The molecule has 0 atom stereocenters. The van der Waals surface area contributed by atoms with Gasteiger partial charge in [-0.05, 0) is 50.0 Å². The molecule has 0 heterocycles. The average Bonchev–Trinajstić information content (AvgIpc) is 2.46. The molecule has 0 spiro atoms. The van der Waals surface area contributed by atoms with Crippen LogP contribution in [-0.2, 0) is 0 Å². The molecule has 0 aliphatic heterocycles. The summed E-state index contributed by atoms with van der Waals surface area (Å²) in [6.45, 7) is 2.30. The zero-order valence-electron chi connectivity index (χ0n) is 12.4. The van der Waals surface area contributed by atoms with Gasteiger partial charge in [0, 0.05) is 18.0 Å². The summed E-state index contributed by atoms with van der Waals surface area (Å²) in [5, 5.41) is 9.53. The third-order valence-corrected chi connectivity index (χ3v) is 5.13. The van der Waals surface area contributed by atoms with E-state index in [-0.39, 0.29) is 0 Å². The summed E-state index contributed by atoms with van der Waals surface area (Å²) < 4.78 is 0. The van der Waals surface area contributed by atoms with Crippen LogP contribution in [0.4, 0.5) is 5.69 Å². The first-order valence-electron chi connectivity index (χ1n) is 7.17. The lowest BCUT2D eigenvalue weighted by Crippen LogP contribution is -2.35. The van der Waals surface area contributed by atoms with Crippen molar-refractivity contribution in [2.45, 2.75) is 43.5 Å². The summed E-state index contributed by atoms with van der Waals surface area (Å²) >= 11 is 1.49. The number of thioether (sulfide) groups is 1. The molecule has 4 heteroatoms. The molecule has 1 fully saturated rings. The van der Waals surface area contributed by atoms with Crippen molar-refractivity contribution in [3.8, 4) is 0 Å². The number of hydrogen-bond acceptors (Lipinski definition) is 3. The van der Waals surface area contributed by atoms with E-state index >= 15 is 0 Å². The largest absolute Gasteiger partial charge is 0.478 e. The molecule has 1 aliphatic rings. The lowest BCUT2D eigenvalue weighted by molar-refractivity contribution is 0.0693. The smallest absolute Gasteiger partial charge is 0.338 e. The van der Waals surface area contributed by atoms with Gasteiger partial charge in [0.05, 0.1) is 11.3 Å². The van der Waals surface area contributed by atoms with Gasteiger partial charge >= 0.3 is 5.97 Å². The molecule has 2 rings (SSSR count). The van der Waals surface area contributed by atoms with Crippen molar-refractivity contribution in [3.63, 3.8) is 0 Å². The zero-order chi connectivity index (χ0) is 14.7. The monoisotopic (exact) mass is 293 g/mol. The number of carbonyl (C=O) groups is 1. The summed E-state index contributed by atoms with van der Waals surface area (Å²) in [6.07, 6.45) is 6.70. The Balaban J connectivity index is 2.29. The van der Waals surface area contributed by atoms with Gasteiger partial charge in [-0.25, -0.2) is 4.79 Å². The molecule has 0 unspecified atom stereocenters. The minimum absolute atomic E-state index is 0.445. The number of carboxylic acid groups (broad SMARTS) is 1. The van der Waals surface area contributed by atoms with Crippen LogP contribution in [0.5, 0.6) is 0 Å². The third-order valence-electron chi connectivity index (χ3n) is 4.35. The Morgan fingerprint density at radius 3 is 2.50 bits per heavy atom. The van der Waals surface area contributed by atoms with Gasteiger partial charge in [-0.15, -0.1) is 11.8 Å². The van der Waals surface area contributed by atoms with Gasteiger partial charge in [0.1, 0.15) is 0 Å².